The minimum absolute atomic E-state index is 0.0948. The number of nitrogens with zero attached hydrogens (tertiary/aromatic N) is 2. The predicted octanol–water partition coefficient (Wildman–Crippen LogP) is 3.32. The molecule has 1 N–H and O–H groups in total. The van der Waals surface area contributed by atoms with Gasteiger partial charge in [0.25, 0.3) is 5.91 Å². The first kappa shape index (κ1) is 29.7. The van der Waals surface area contributed by atoms with Crippen LogP contribution >= 0.6 is 0 Å². The molecule has 2 aromatic rings. The Hall–Kier alpha value is -2.82. The lowest BCUT2D eigenvalue weighted by molar-refractivity contribution is 0.0673. The highest BCUT2D eigenvalue weighted by atomic mass is 32.2. The highest BCUT2D eigenvalue weighted by Crippen LogP contribution is 2.31. The third-order valence-corrected chi connectivity index (χ3v) is 7.89. The van der Waals surface area contributed by atoms with Crippen molar-refractivity contribution >= 4 is 21.6 Å². The van der Waals surface area contributed by atoms with Crippen molar-refractivity contribution in [1.82, 2.24) is 10.2 Å². The van der Waals surface area contributed by atoms with Crippen LogP contribution in [0, 0.1) is 12.8 Å². The zero-order valence-corrected chi connectivity index (χ0v) is 24.1. The normalized spacial score (nSPS) is 17.4. The highest BCUT2D eigenvalue weighted by Gasteiger charge is 2.39. The van der Waals surface area contributed by atoms with E-state index in [9.17, 15) is 13.2 Å². The minimum Gasteiger partial charge on any atom is -0.493 e. The lowest BCUT2D eigenvalue weighted by Crippen LogP contribution is -2.49. The molecule has 0 aliphatic carbocycles. The maximum Gasteiger partial charge on any atom is 0.254 e. The van der Waals surface area contributed by atoms with Gasteiger partial charge in [0, 0.05) is 57.3 Å². The largest absolute Gasteiger partial charge is 0.493 e. The van der Waals surface area contributed by atoms with E-state index >= 15 is 0 Å². The average molecular weight is 548 g/mol. The van der Waals surface area contributed by atoms with Crippen LogP contribution in [-0.2, 0) is 14.8 Å². The molecule has 1 saturated heterocycles. The molecule has 0 spiro atoms. The number of benzene rings is 2. The molecule has 1 heterocycles. The molecule has 3 rings (SSSR count). The number of aryl methyl sites for hydroxylation is 1. The number of rotatable bonds is 13. The lowest BCUT2D eigenvalue weighted by Gasteiger charge is -2.36. The van der Waals surface area contributed by atoms with Crippen LogP contribution in [0.15, 0.2) is 42.5 Å². The maximum absolute atomic E-state index is 13.7. The quantitative estimate of drug-likeness (QED) is 0.384. The zero-order valence-electron chi connectivity index (χ0n) is 23.3. The topological polar surface area (TPSA) is 97.4 Å². The van der Waals surface area contributed by atoms with Crippen LogP contribution in [0.4, 0.5) is 5.69 Å². The maximum atomic E-state index is 13.7. The third kappa shape index (κ3) is 7.39. The molecule has 1 fully saturated rings. The van der Waals surface area contributed by atoms with Gasteiger partial charge in [-0.15, -0.1) is 0 Å². The summed E-state index contributed by atoms with van der Waals surface area (Å²) in [5.41, 5.74) is 2.11. The number of amides is 1. The van der Waals surface area contributed by atoms with E-state index in [1.54, 1.807) is 37.3 Å². The summed E-state index contributed by atoms with van der Waals surface area (Å²) in [5, 5.41) is 3.35. The van der Waals surface area contributed by atoms with Crippen molar-refractivity contribution in [1.29, 1.82) is 0 Å². The molecule has 0 bridgehead atoms. The molecule has 0 unspecified atom stereocenters. The van der Waals surface area contributed by atoms with Gasteiger partial charge in [0.05, 0.1) is 31.7 Å². The summed E-state index contributed by atoms with van der Waals surface area (Å²) in [6, 6.07) is 12.3. The molecule has 1 aliphatic heterocycles. The summed E-state index contributed by atoms with van der Waals surface area (Å²) >= 11 is 0. The van der Waals surface area contributed by atoms with Gasteiger partial charge in [0.1, 0.15) is 0 Å². The summed E-state index contributed by atoms with van der Waals surface area (Å²) in [5.74, 6) is 0.814. The van der Waals surface area contributed by atoms with E-state index < -0.39 is 10.0 Å². The van der Waals surface area contributed by atoms with Crippen LogP contribution in [0.2, 0.25) is 0 Å². The van der Waals surface area contributed by atoms with Crippen LogP contribution in [0.1, 0.15) is 36.2 Å². The van der Waals surface area contributed by atoms with E-state index in [1.165, 1.54) is 10.6 Å². The summed E-state index contributed by atoms with van der Waals surface area (Å²) in [6.45, 7) is 8.41. The first-order valence-corrected chi connectivity index (χ1v) is 14.8. The molecule has 210 valence electrons. The van der Waals surface area contributed by atoms with Crippen molar-refractivity contribution in [2.45, 2.75) is 39.3 Å². The van der Waals surface area contributed by atoms with Gasteiger partial charge >= 0.3 is 0 Å². The fourth-order valence-electron chi connectivity index (χ4n) is 4.83. The molecular weight excluding hydrogens is 506 g/mol. The first-order chi connectivity index (χ1) is 18.1. The standard InChI is InChI=1S/C28H41N3O6S/c1-20(2)30(28(32)22-11-12-26(36-5)27(16-22)37-14-8-13-35-4)19-23-17-29-18-25(23)31(38(6,33)34)24-10-7-9-21(3)15-24/h7,9-12,15-16,20,23,25,29H,8,13-14,17-19H2,1-6H3/t23-,25+/m0/s1. The number of sulfonamides is 1. The average Bonchev–Trinajstić information content (AvgIpc) is 3.31. The Morgan fingerprint density at radius 2 is 1.84 bits per heavy atom. The molecule has 1 aliphatic rings. The molecular formula is C28H41N3O6S. The van der Waals surface area contributed by atoms with Gasteiger partial charge < -0.3 is 24.4 Å². The molecule has 2 atom stereocenters. The van der Waals surface area contributed by atoms with E-state index in [-0.39, 0.29) is 23.9 Å². The Morgan fingerprint density at radius 3 is 2.47 bits per heavy atom. The zero-order chi connectivity index (χ0) is 27.9. The van der Waals surface area contributed by atoms with E-state index in [0.717, 1.165) is 5.56 Å². The fourth-order valence-corrected chi connectivity index (χ4v) is 6.06. The number of ether oxygens (including phenoxy) is 3. The van der Waals surface area contributed by atoms with Crippen molar-refractivity contribution in [2.75, 3.05) is 57.6 Å². The van der Waals surface area contributed by atoms with Crippen molar-refractivity contribution in [3.63, 3.8) is 0 Å². The van der Waals surface area contributed by atoms with Crippen LogP contribution in [0.5, 0.6) is 11.5 Å². The Bertz CT molecular complexity index is 1190. The molecule has 1 amide bonds. The summed E-state index contributed by atoms with van der Waals surface area (Å²) in [4.78, 5) is 15.6. The Labute approximate surface area is 227 Å². The van der Waals surface area contributed by atoms with Crippen molar-refractivity contribution in [3.05, 3.63) is 53.6 Å². The van der Waals surface area contributed by atoms with Gasteiger partial charge in [0.2, 0.25) is 10.0 Å². The molecule has 38 heavy (non-hydrogen) atoms. The molecule has 0 radical (unpaired) electrons. The number of hydrogen-bond acceptors (Lipinski definition) is 7. The SMILES string of the molecule is COCCCOc1cc(C(=O)N(C[C@@H]2CNC[C@H]2N(c2cccc(C)c2)S(C)(=O)=O)C(C)C)ccc1OC. The third-order valence-electron chi connectivity index (χ3n) is 6.70. The van der Waals surface area contributed by atoms with E-state index in [0.29, 0.717) is 62.0 Å². The number of anilines is 1. The Balaban J connectivity index is 1.85. The first-order valence-electron chi connectivity index (χ1n) is 12.9. The molecule has 9 nitrogen and oxygen atoms in total. The van der Waals surface area contributed by atoms with Crippen molar-refractivity contribution in [2.24, 2.45) is 5.92 Å². The Morgan fingerprint density at radius 1 is 1.08 bits per heavy atom. The molecule has 10 heteroatoms. The van der Waals surface area contributed by atoms with Crippen molar-refractivity contribution < 1.29 is 27.4 Å². The number of nitrogens with one attached hydrogen (secondary N) is 1. The van der Waals surface area contributed by atoms with Crippen LogP contribution in [-0.4, -0.2) is 84.6 Å². The fraction of sp³-hybridized carbons (Fsp3) is 0.536. The van der Waals surface area contributed by atoms with E-state index in [1.807, 2.05) is 45.0 Å². The number of hydrogen-bond donors (Lipinski definition) is 1. The predicted molar refractivity (Wildman–Crippen MR) is 150 cm³/mol. The van der Waals surface area contributed by atoms with Gasteiger partial charge in [-0.25, -0.2) is 8.42 Å². The second kappa shape index (κ2) is 13.3. The number of carbonyl (C=O) groups excluding carboxylic acids is 1. The monoisotopic (exact) mass is 547 g/mol. The molecule has 0 saturated carbocycles. The second-order valence-corrected chi connectivity index (χ2v) is 11.9. The van der Waals surface area contributed by atoms with Gasteiger partial charge in [-0.3, -0.25) is 9.10 Å². The van der Waals surface area contributed by atoms with Gasteiger partial charge in [0.15, 0.2) is 11.5 Å². The minimum atomic E-state index is -3.56. The van der Waals surface area contributed by atoms with Crippen molar-refractivity contribution in [3.8, 4) is 11.5 Å². The number of methoxy groups -OCH3 is 2. The Kier molecular flexibility index (Phi) is 10.4. The van der Waals surface area contributed by atoms with E-state index in [2.05, 4.69) is 5.32 Å². The van der Waals surface area contributed by atoms with Gasteiger partial charge in [-0.05, 0) is 56.7 Å². The highest BCUT2D eigenvalue weighted by molar-refractivity contribution is 7.92. The van der Waals surface area contributed by atoms with E-state index in [4.69, 9.17) is 14.2 Å². The van der Waals surface area contributed by atoms with Crippen LogP contribution in [0.3, 0.4) is 0 Å². The van der Waals surface area contributed by atoms with Crippen LogP contribution < -0.4 is 19.1 Å². The second-order valence-electron chi connectivity index (χ2n) is 10.00. The summed E-state index contributed by atoms with van der Waals surface area (Å²) in [7, 11) is -0.352. The van der Waals surface area contributed by atoms with Gasteiger partial charge in [-0.2, -0.15) is 0 Å². The lowest BCUT2D eigenvalue weighted by atomic mass is 10.0. The van der Waals surface area contributed by atoms with Gasteiger partial charge in [-0.1, -0.05) is 12.1 Å². The number of carbonyl (C=O) groups is 1. The smallest absolute Gasteiger partial charge is 0.254 e. The molecule has 2 aromatic carbocycles. The molecule has 0 aromatic heterocycles. The summed E-state index contributed by atoms with van der Waals surface area (Å²) in [6.07, 6.45) is 1.95. The summed E-state index contributed by atoms with van der Waals surface area (Å²) < 4.78 is 43.8. The van der Waals surface area contributed by atoms with Crippen LogP contribution in [0.25, 0.3) is 0 Å².